The average molecular weight is 292 g/mol. The number of nitrogens with zero attached hydrogens (tertiary/aromatic N) is 2. The average Bonchev–Trinajstić information content (AvgIpc) is 2.46. The molecule has 5 heteroatoms. The normalized spacial score (nSPS) is 18.4. The number of ether oxygens (including phenoxy) is 1. The molecule has 1 aromatic heterocycles. The Balaban J connectivity index is 1.87. The van der Waals surface area contributed by atoms with E-state index >= 15 is 0 Å². The zero-order valence-corrected chi connectivity index (χ0v) is 13.0. The SMILES string of the molecule is CC(C)(C)OC(=O)N1CCC([C@H](O)c2cccnc2)CC1. The van der Waals surface area contributed by atoms with Gasteiger partial charge in [-0.25, -0.2) is 4.79 Å². The molecular formula is C16H24N2O3. The van der Waals surface area contributed by atoms with Crippen LogP contribution < -0.4 is 0 Å². The Morgan fingerprint density at radius 1 is 1.43 bits per heavy atom. The molecule has 1 N–H and O–H groups in total. The summed E-state index contributed by atoms with van der Waals surface area (Å²) in [5.41, 5.74) is 0.372. The molecule has 116 valence electrons. The minimum atomic E-state index is -0.514. The van der Waals surface area contributed by atoms with Crippen molar-refractivity contribution in [2.45, 2.75) is 45.3 Å². The lowest BCUT2D eigenvalue weighted by Gasteiger charge is -2.35. The van der Waals surface area contributed by atoms with E-state index in [-0.39, 0.29) is 12.0 Å². The smallest absolute Gasteiger partial charge is 0.410 e. The number of pyridine rings is 1. The van der Waals surface area contributed by atoms with Gasteiger partial charge in [-0.05, 0) is 51.2 Å². The number of aromatic nitrogens is 1. The van der Waals surface area contributed by atoms with E-state index in [0.717, 1.165) is 18.4 Å². The van der Waals surface area contributed by atoms with Crippen molar-refractivity contribution in [1.29, 1.82) is 0 Å². The van der Waals surface area contributed by atoms with Gasteiger partial charge in [-0.1, -0.05) is 6.07 Å². The Kier molecular flexibility index (Phi) is 4.83. The summed E-state index contributed by atoms with van der Waals surface area (Å²) in [6, 6.07) is 3.71. The highest BCUT2D eigenvalue weighted by molar-refractivity contribution is 5.68. The fourth-order valence-electron chi connectivity index (χ4n) is 2.55. The highest BCUT2D eigenvalue weighted by Crippen LogP contribution is 2.30. The molecule has 1 atom stereocenters. The largest absolute Gasteiger partial charge is 0.444 e. The van der Waals surface area contributed by atoms with E-state index in [4.69, 9.17) is 4.74 Å². The Morgan fingerprint density at radius 2 is 2.10 bits per heavy atom. The number of amides is 1. The van der Waals surface area contributed by atoms with Gasteiger partial charge in [-0.3, -0.25) is 4.98 Å². The molecule has 0 unspecified atom stereocenters. The Labute approximate surface area is 125 Å². The summed E-state index contributed by atoms with van der Waals surface area (Å²) >= 11 is 0. The van der Waals surface area contributed by atoms with Crippen LogP contribution >= 0.6 is 0 Å². The highest BCUT2D eigenvalue weighted by atomic mass is 16.6. The summed E-state index contributed by atoms with van der Waals surface area (Å²) < 4.78 is 5.37. The van der Waals surface area contributed by atoms with Crippen LogP contribution in [0.2, 0.25) is 0 Å². The van der Waals surface area contributed by atoms with Gasteiger partial charge in [-0.15, -0.1) is 0 Å². The molecule has 5 nitrogen and oxygen atoms in total. The van der Waals surface area contributed by atoms with Crippen molar-refractivity contribution in [2.75, 3.05) is 13.1 Å². The first-order chi connectivity index (χ1) is 9.87. The van der Waals surface area contributed by atoms with Crippen molar-refractivity contribution in [2.24, 2.45) is 5.92 Å². The molecule has 1 aliphatic rings. The van der Waals surface area contributed by atoms with Crippen LogP contribution in [-0.4, -0.2) is 39.8 Å². The minimum absolute atomic E-state index is 0.160. The summed E-state index contributed by atoms with van der Waals surface area (Å²) in [6.45, 7) is 6.84. The van der Waals surface area contributed by atoms with E-state index in [2.05, 4.69) is 4.98 Å². The standard InChI is InChI=1S/C16H24N2O3/c1-16(2,3)21-15(20)18-9-6-12(7-10-18)14(19)13-5-4-8-17-11-13/h4-5,8,11-12,14,19H,6-7,9-10H2,1-3H3/t14-/m0/s1. The van der Waals surface area contributed by atoms with Crippen molar-refractivity contribution >= 4 is 6.09 Å². The van der Waals surface area contributed by atoms with Crippen LogP contribution in [0.25, 0.3) is 0 Å². The third kappa shape index (κ3) is 4.43. The lowest BCUT2D eigenvalue weighted by molar-refractivity contribution is 0.00763. The van der Waals surface area contributed by atoms with Crippen LogP contribution in [-0.2, 0) is 4.74 Å². The molecule has 1 aliphatic heterocycles. The Morgan fingerprint density at radius 3 is 2.62 bits per heavy atom. The van der Waals surface area contributed by atoms with Crippen LogP contribution in [0.3, 0.4) is 0 Å². The van der Waals surface area contributed by atoms with Gasteiger partial charge in [0.25, 0.3) is 0 Å². The van der Waals surface area contributed by atoms with Gasteiger partial charge in [0.05, 0.1) is 6.10 Å². The van der Waals surface area contributed by atoms with Crippen LogP contribution in [0.4, 0.5) is 4.79 Å². The number of carbonyl (C=O) groups excluding carboxylic acids is 1. The van der Waals surface area contributed by atoms with Gasteiger partial charge in [0, 0.05) is 25.5 Å². The zero-order chi connectivity index (χ0) is 15.5. The van der Waals surface area contributed by atoms with Crippen molar-refractivity contribution in [3.05, 3.63) is 30.1 Å². The topological polar surface area (TPSA) is 62.7 Å². The van der Waals surface area contributed by atoms with Crippen molar-refractivity contribution < 1.29 is 14.6 Å². The molecule has 0 radical (unpaired) electrons. The highest BCUT2D eigenvalue weighted by Gasteiger charge is 2.30. The molecular weight excluding hydrogens is 268 g/mol. The molecule has 0 aliphatic carbocycles. The maximum atomic E-state index is 12.0. The predicted octanol–water partition coefficient (Wildman–Crippen LogP) is 2.76. The maximum Gasteiger partial charge on any atom is 0.410 e. The molecule has 0 bridgehead atoms. The van der Waals surface area contributed by atoms with Crippen molar-refractivity contribution in [1.82, 2.24) is 9.88 Å². The van der Waals surface area contributed by atoms with Gasteiger partial charge in [0.1, 0.15) is 5.60 Å². The van der Waals surface area contributed by atoms with Crippen LogP contribution in [0.15, 0.2) is 24.5 Å². The number of likely N-dealkylation sites (tertiary alicyclic amines) is 1. The van der Waals surface area contributed by atoms with Gasteiger partial charge < -0.3 is 14.7 Å². The maximum absolute atomic E-state index is 12.0. The summed E-state index contributed by atoms with van der Waals surface area (Å²) in [6.07, 6.45) is 4.16. The van der Waals surface area contributed by atoms with E-state index in [0.29, 0.717) is 13.1 Å². The predicted molar refractivity (Wildman–Crippen MR) is 79.7 cm³/mol. The minimum Gasteiger partial charge on any atom is -0.444 e. The van der Waals surface area contributed by atoms with Crippen LogP contribution in [0.1, 0.15) is 45.3 Å². The second-order valence-corrected chi connectivity index (χ2v) is 6.54. The first kappa shape index (κ1) is 15.8. The first-order valence-electron chi connectivity index (χ1n) is 7.43. The van der Waals surface area contributed by atoms with Crippen LogP contribution in [0.5, 0.6) is 0 Å². The molecule has 1 aromatic rings. The molecule has 1 saturated heterocycles. The third-order valence-electron chi connectivity index (χ3n) is 3.66. The molecule has 2 heterocycles. The van der Waals surface area contributed by atoms with E-state index in [1.807, 2.05) is 32.9 Å². The first-order valence-corrected chi connectivity index (χ1v) is 7.43. The van der Waals surface area contributed by atoms with Crippen molar-refractivity contribution in [3.8, 4) is 0 Å². The molecule has 0 saturated carbocycles. The Hall–Kier alpha value is -1.62. The molecule has 0 spiro atoms. The van der Waals surface area contributed by atoms with Gasteiger partial charge >= 0.3 is 6.09 Å². The van der Waals surface area contributed by atoms with E-state index in [1.54, 1.807) is 17.3 Å². The molecule has 1 amide bonds. The number of aliphatic hydroxyl groups is 1. The van der Waals surface area contributed by atoms with E-state index in [1.165, 1.54) is 0 Å². The molecule has 1 fully saturated rings. The molecule has 21 heavy (non-hydrogen) atoms. The number of rotatable bonds is 2. The second kappa shape index (κ2) is 6.43. The van der Waals surface area contributed by atoms with Gasteiger partial charge in [0.15, 0.2) is 0 Å². The second-order valence-electron chi connectivity index (χ2n) is 6.54. The number of hydrogen-bond acceptors (Lipinski definition) is 4. The molecule has 2 rings (SSSR count). The van der Waals surface area contributed by atoms with Crippen molar-refractivity contribution in [3.63, 3.8) is 0 Å². The molecule has 0 aromatic carbocycles. The summed E-state index contributed by atoms with van der Waals surface area (Å²) in [5, 5.41) is 10.4. The number of carbonyl (C=O) groups is 1. The fourth-order valence-corrected chi connectivity index (χ4v) is 2.55. The van der Waals surface area contributed by atoms with E-state index < -0.39 is 11.7 Å². The lowest BCUT2D eigenvalue weighted by Crippen LogP contribution is -2.42. The third-order valence-corrected chi connectivity index (χ3v) is 3.66. The monoisotopic (exact) mass is 292 g/mol. The van der Waals surface area contributed by atoms with Gasteiger partial charge in [-0.2, -0.15) is 0 Å². The fraction of sp³-hybridized carbons (Fsp3) is 0.625. The van der Waals surface area contributed by atoms with E-state index in [9.17, 15) is 9.90 Å². The summed E-state index contributed by atoms with van der Waals surface area (Å²) in [4.78, 5) is 17.8. The summed E-state index contributed by atoms with van der Waals surface area (Å²) in [5.74, 6) is 0.160. The van der Waals surface area contributed by atoms with Gasteiger partial charge in [0.2, 0.25) is 0 Å². The summed E-state index contributed by atoms with van der Waals surface area (Å²) in [7, 11) is 0. The number of aliphatic hydroxyl groups excluding tert-OH is 1. The number of piperidine rings is 1. The zero-order valence-electron chi connectivity index (χ0n) is 13.0. The van der Waals surface area contributed by atoms with Crippen LogP contribution in [0, 0.1) is 5.92 Å². The lowest BCUT2D eigenvalue weighted by atomic mass is 9.88. The quantitative estimate of drug-likeness (QED) is 0.910. The Bertz CT molecular complexity index is 462. The number of hydrogen-bond donors (Lipinski definition) is 1.